The Morgan fingerprint density at radius 1 is 1.36 bits per heavy atom. The molecular weight excluding hydrogens is 184 g/mol. The van der Waals surface area contributed by atoms with Crippen LogP contribution >= 0.6 is 0 Å². The van der Waals surface area contributed by atoms with Crippen molar-refractivity contribution in [3.05, 3.63) is 35.9 Å². The molecule has 0 saturated carbocycles. The zero-order chi connectivity index (χ0) is 10.4. The summed E-state index contributed by atoms with van der Waals surface area (Å²) < 4.78 is 4.57. The summed E-state index contributed by atoms with van der Waals surface area (Å²) in [5, 5.41) is 17.9. The van der Waals surface area contributed by atoms with Gasteiger partial charge in [0.15, 0.2) is 6.10 Å². The Kier molecular flexibility index (Phi) is 4.10. The van der Waals surface area contributed by atoms with Crippen molar-refractivity contribution in [3.63, 3.8) is 0 Å². The Morgan fingerprint density at radius 3 is 2.57 bits per heavy atom. The lowest BCUT2D eigenvalue weighted by atomic mass is 10.1. The molecule has 0 aromatic heterocycles. The third-order valence-corrected chi connectivity index (χ3v) is 1.67. The van der Waals surface area contributed by atoms with E-state index in [-0.39, 0.29) is 13.2 Å². The molecule has 0 unspecified atom stereocenters. The minimum atomic E-state index is -1.28. The lowest BCUT2D eigenvalue weighted by Gasteiger charge is -2.09. The van der Waals surface area contributed by atoms with Gasteiger partial charge in [0.25, 0.3) is 0 Å². The molecule has 0 heterocycles. The number of aliphatic hydroxyl groups excluding tert-OH is 2. The Labute approximate surface area is 81.8 Å². The van der Waals surface area contributed by atoms with E-state index in [1.165, 1.54) is 0 Å². The molecular formula is C10H12O4. The molecule has 4 heteroatoms. The van der Waals surface area contributed by atoms with Gasteiger partial charge in [-0.05, 0) is 5.56 Å². The Bertz CT molecular complexity index is 283. The second-order valence-electron chi connectivity index (χ2n) is 2.70. The maximum atomic E-state index is 11.1. The van der Waals surface area contributed by atoms with E-state index in [1.807, 2.05) is 0 Å². The molecule has 1 atom stereocenters. The van der Waals surface area contributed by atoms with Crippen molar-refractivity contribution in [2.24, 2.45) is 0 Å². The predicted molar refractivity (Wildman–Crippen MR) is 49.4 cm³/mol. The molecule has 1 aromatic carbocycles. The zero-order valence-electron chi connectivity index (χ0n) is 7.59. The van der Waals surface area contributed by atoms with Gasteiger partial charge in [0, 0.05) is 0 Å². The molecule has 0 aliphatic carbocycles. The van der Waals surface area contributed by atoms with Gasteiger partial charge in [-0.15, -0.1) is 0 Å². The van der Waals surface area contributed by atoms with Crippen LogP contribution in [-0.2, 0) is 9.53 Å². The first-order chi connectivity index (χ1) is 6.75. The first kappa shape index (κ1) is 10.7. The van der Waals surface area contributed by atoms with E-state index in [2.05, 4.69) is 4.74 Å². The fourth-order valence-electron chi connectivity index (χ4n) is 0.997. The number of aliphatic hydroxyl groups is 2. The van der Waals surface area contributed by atoms with Crippen molar-refractivity contribution in [2.45, 2.75) is 6.10 Å². The van der Waals surface area contributed by atoms with Crippen LogP contribution in [-0.4, -0.2) is 29.4 Å². The van der Waals surface area contributed by atoms with Gasteiger partial charge in [0.2, 0.25) is 0 Å². The lowest BCUT2D eigenvalue weighted by molar-refractivity contribution is -0.154. The van der Waals surface area contributed by atoms with Crippen LogP contribution < -0.4 is 0 Å². The molecule has 4 nitrogen and oxygen atoms in total. The van der Waals surface area contributed by atoms with Crippen molar-refractivity contribution < 1.29 is 19.7 Å². The van der Waals surface area contributed by atoms with Crippen LogP contribution in [0.1, 0.15) is 11.7 Å². The molecule has 0 radical (unpaired) electrons. The van der Waals surface area contributed by atoms with E-state index in [0.717, 1.165) is 0 Å². The summed E-state index contributed by atoms with van der Waals surface area (Å²) in [4.78, 5) is 11.1. The maximum Gasteiger partial charge on any atom is 0.339 e. The van der Waals surface area contributed by atoms with Gasteiger partial charge in [-0.25, -0.2) is 4.79 Å². The summed E-state index contributed by atoms with van der Waals surface area (Å²) >= 11 is 0. The van der Waals surface area contributed by atoms with E-state index in [9.17, 15) is 9.90 Å². The molecule has 76 valence electrons. The summed E-state index contributed by atoms with van der Waals surface area (Å²) in [5.41, 5.74) is 0.482. The van der Waals surface area contributed by atoms with Crippen LogP contribution in [0.3, 0.4) is 0 Å². The second kappa shape index (κ2) is 5.36. The fourth-order valence-corrected chi connectivity index (χ4v) is 0.997. The standard InChI is InChI=1S/C10H12O4/c11-6-7-14-10(13)9(12)8-4-2-1-3-5-8/h1-5,9,11-12H,6-7H2/t9-/m1/s1. The molecule has 0 spiro atoms. The average Bonchev–Trinajstić information content (AvgIpc) is 2.26. The summed E-state index contributed by atoms with van der Waals surface area (Å²) in [6.45, 7) is -0.337. The lowest BCUT2D eigenvalue weighted by Crippen LogP contribution is -2.17. The number of rotatable bonds is 4. The van der Waals surface area contributed by atoms with E-state index >= 15 is 0 Å². The fraction of sp³-hybridized carbons (Fsp3) is 0.300. The number of ether oxygens (including phenoxy) is 1. The molecule has 0 aliphatic rings. The Morgan fingerprint density at radius 2 is 2.00 bits per heavy atom. The molecule has 1 aromatic rings. The van der Waals surface area contributed by atoms with Crippen LogP contribution in [0.25, 0.3) is 0 Å². The number of benzene rings is 1. The van der Waals surface area contributed by atoms with Crippen LogP contribution in [0.5, 0.6) is 0 Å². The summed E-state index contributed by atoms with van der Waals surface area (Å²) in [5.74, 6) is -0.745. The maximum absolute atomic E-state index is 11.1. The van der Waals surface area contributed by atoms with Crippen LogP contribution in [0.4, 0.5) is 0 Å². The first-order valence-corrected chi connectivity index (χ1v) is 4.26. The number of carbonyl (C=O) groups excluding carboxylic acids is 1. The quantitative estimate of drug-likeness (QED) is 0.678. The van der Waals surface area contributed by atoms with Crippen molar-refractivity contribution in [1.29, 1.82) is 0 Å². The molecule has 0 aliphatic heterocycles. The van der Waals surface area contributed by atoms with Crippen molar-refractivity contribution >= 4 is 5.97 Å². The van der Waals surface area contributed by atoms with E-state index < -0.39 is 12.1 Å². The molecule has 2 N–H and O–H groups in total. The molecule has 0 saturated heterocycles. The minimum Gasteiger partial charge on any atom is -0.461 e. The number of esters is 1. The van der Waals surface area contributed by atoms with Gasteiger partial charge >= 0.3 is 5.97 Å². The van der Waals surface area contributed by atoms with E-state index in [4.69, 9.17) is 5.11 Å². The van der Waals surface area contributed by atoms with Crippen LogP contribution in [0, 0.1) is 0 Å². The molecule has 1 rings (SSSR count). The average molecular weight is 196 g/mol. The molecule has 0 bridgehead atoms. The van der Waals surface area contributed by atoms with E-state index in [0.29, 0.717) is 5.56 Å². The highest BCUT2D eigenvalue weighted by molar-refractivity contribution is 5.76. The smallest absolute Gasteiger partial charge is 0.339 e. The van der Waals surface area contributed by atoms with Crippen LogP contribution in [0.2, 0.25) is 0 Å². The monoisotopic (exact) mass is 196 g/mol. The Balaban J connectivity index is 2.57. The van der Waals surface area contributed by atoms with Gasteiger partial charge in [0.1, 0.15) is 6.61 Å². The van der Waals surface area contributed by atoms with Crippen molar-refractivity contribution in [2.75, 3.05) is 13.2 Å². The number of hydrogen-bond acceptors (Lipinski definition) is 4. The summed E-state index contributed by atoms with van der Waals surface area (Å²) in [7, 11) is 0. The zero-order valence-corrected chi connectivity index (χ0v) is 7.59. The first-order valence-electron chi connectivity index (χ1n) is 4.26. The largest absolute Gasteiger partial charge is 0.461 e. The SMILES string of the molecule is O=C(OCCO)[C@H](O)c1ccccc1. The highest BCUT2D eigenvalue weighted by atomic mass is 16.6. The van der Waals surface area contributed by atoms with Crippen LogP contribution in [0.15, 0.2) is 30.3 Å². The molecule has 0 amide bonds. The summed E-state index contributed by atoms with van der Waals surface area (Å²) in [6.07, 6.45) is -1.28. The normalized spacial score (nSPS) is 12.1. The van der Waals surface area contributed by atoms with Gasteiger partial charge in [-0.1, -0.05) is 30.3 Å². The van der Waals surface area contributed by atoms with Gasteiger partial charge < -0.3 is 14.9 Å². The van der Waals surface area contributed by atoms with Crippen molar-refractivity contribution in [3.8, 4) is 0 Å². The van der Waals surface area contributed by atoms with E-state index in [1.54, 1.807) is 30.3 Å². The third-order valence-electron chi connectivity index (χ3n) is 1.67. The Hall–Kier alpha value is -1.39. The second-order valence-corrected chi connectivity index (χ2v) is 2.70. The van der Waals surface area contributed by atoms with Crippen molar-refractivity contribution in [1.82, 2.24) is 0 Å². The molecule has 14 heavy (non-hydrogen) atoms. The van der Waals surface area contributed by atoms with Gasteiger partial charge in [0.05, 0.1) is 6.61 Å². The van der Waals surface area contributed by atoms with Gasteiger partial charge in [-0.3, -0.25) is 0 Å². The molecule has 0 fully saturated rings. The highest BCUT2D eigenvalue weighted by Gasteiger charge is 2.17. The third kappa shape index (κ3) is 2.83. The summed E-state index contributed by atoms with van der Waals surface area (Å²) in [6, 6.07) is 8.49. The number of carbonyl (C=O) groups is 1. The number of hydrogen-bond donors (Lipinski definition) is 2. The predicted octanol–water partition coefficient (Wildman–Crippen LogP) is 0.255. The highest BCUT2D eigenvalue weighted by Crippen LogP contribution is 2.13. The minimum absolute atomic E-state index is 0.0945. The van der Waals surface area contributed by atoms with Gasteiger partial charge in [-0.2, -0.15) is 0 Å². The topological polar surface area (TPSA) is 66.8 Å².